The van der Waals surface area contributed by atoms with Crippen molar-refractivity contribution in [1.29, 1.82) is 0 Å². The van der Waals surface area contributed by atoms with E-state index >= 15 is 0 Å². The Morgan fingerprint density at radius 2 is 1.91 bits per heavy atom. The normalized spacial score (nSPS) is 28.6. The summed E-state index contributed by atoms with van der Waals surface area (Å²) in [7, 11) is 0.853. The van der Waals surface area contributed by atoms with Gasteiger partial charge in [-0.1, -0.05) is 0 Å². The highest BCUT2D eigenvalue weighted by Crippen LogP contribution is 2.41. The van der Waals surface area contributed by atoms with E-state index in [0.29, 0.717) is 25.9 Å². The summed E-state index contributed by atoms with van der Waals surface area (Å²) in [6.07, 6.45) is 1.08. The van der Waals surface area contributed by atoms with Crippen LogP contribution in [0.5, 0.6) is 0 Å². The average molecular weight is 345 g/mol. The summed E-state index contributed by atoms with van der Waals surface area (Å²) >= 11 is 0. The number of hydrogen-bond donors (Lipinski definition) is 1. The Morgan fingerprint density at radius 3 is 2.43 bits per heavy atom. The summed E-state index contributed by atoms with van der Waals surface area (Å²) < 4.78 is 23.2. The van der Waals surface area contributed by atoms with E-state index in [-0.39, 0.29) is 41.2 Å². The number of nitrogens with zero attached hydrogens (tertiary/aromatic N) is 2. The zero-order valence-corrected chi connectivity index (χ0v) is 14.9. The number of nitrogens with one attached hydrogen (secondary N) is 1. The molecule has 2 amide bonds. The van der Waals surface area contributed by atoms with Crippen molar-refractivity contribution < 1.29 is 18.0 Å². The third-order valence-corrected chi connectivity index (χ3v) is 6.33. The molecule has 1 saturated heterocycles. The Bertz CT molecular complexity index is 561. The molecule has 3 atom stereocenters. The molecule has 132 valence electrons. The summed E-state index contributed by atoms with van der Waals surface area (Å²) in [6, 6.07) is -0.226. The van der Waals surface area contributed by atoms with Crippen LogP contribution in [0.3, 0.4) is 0 Å². The van der Waals surface area contributed by atoms with Crippen molar-refractivity contribution in [3.05, 3.63) is 0 Å². The maximum atomic E-state index is 12.6. The molecule has 0 radical (unpaired) electrons. The lowest BCUT2D eigenvalue weighted by Gasteiger charge is -2.27. The van der Waals surface area contributed by atoms with Gasteiger partial charge in [0, 0.05) is 25.7 Å². The SMILES string of the molecule is CCN(C(=O)C1CC1C(=O)NCCN(C)C)C1CCS(=O)(=O)C1. The molecule has 1 saturated carbocycles. The lowest BCUT2D eigenvalue weighted by atomic mass is 10.2. The molecule has 1 aliphatic carbocycles. The second-order valence-corrected chi connectivity index (χ2v) is 8.95. The third-order valence-electron chi connectivity index (χ3n) is 4.58. The second-order valence-electron chi connectivity index (χ2n) is 6.72. The van der Waals surface area contributed by atoms with Crippen LogP contribution in [0.25, 0.3) is 0 Å². The van der Waals surface area contributed by atoms with E-state index in [4.69, 9.17) is 0 Å². The zero-order valence-electron chi connectivity index (χ0n) is 14.1. The van der Waals surface area contributed by atoms with Crippen molar-refractivity contribution >= 4 is 21.7 Å². The minimum atomic E-state index is -3.02. The minimum Gasteiger partial charge on any atom is -0.355 e. The predicted octanol–water partition coefficient (Wildman–Crippen LogP) is -0.664. The molecule has 2 rings (SSSR count). The number of carbonyl (C=O) groups is 2. The topological polar surface area (TPSA) is 86.8 Å². The van der Waals surface area contributed by atoms with Gasteiger partial charge in [-0.3, -0.25) is 9.59 Å². The molecule has 2 fully saturated rings. The van der Waals surface area contributed by atoms with Crippen molar-refractivity contribution in [2.45, 2.75) is 25.8 Å². The molecule has 1 aliphatic heterocycles. The van der Waals surface area contributed by atoms with Crippen LogP contribution < -0.4 is 5.32 Å². The Kier molecular flexibility index (Phi) is 5.67. The first kappa shape index (κ1) is 18.2. The van der Waals surface area contributed by atoms with Gasteiger partial charge in [0.25, 0.3) is 0 Å². The molecular formula is C15H27N3O4S. The van der Waals surface area contributed by atoms with Crippen LogP contribution in [0.4, 0.5) is 0 Å². The fraction of sp³-hybridized carbons (Fsp3) is 0.867. The van der Waals surface area contributed by atoms with Gasteiger partial charge in [0.2, 0.25) is 11.8 Å². The van der Waals surface area contributed by atoms with E-state index < -0.39 is 9.84 Å². The number of hydrogen-bond acceptors (Lipinski definition) is 5. The quantitative estimate of drug-likeness (QED) is 0.662. The van der Waals surface area contributed by atoms with Gasteiger partial charge >= 0.3 is 0 Å². The first-order chi connectivity index (χ1) is 10.7. The number of carbonyl (C=O) groups excluding carboxylic acids is 2. The molecule has 1 heterocycles. The van der Waals surface area contributed by atoms with Gasteiger partial charge < -0.3 is 15.1 Å². The lowest BCUT2D eigenvalue weighted by Crippen LogP contribution is -2.42. The second kappa shape index (κ2) is 7.17. The Hall–Kier alpha value is -1.15. The smallest absolute Gasteiger partial charge is 0.226 e. The van der Waals surface area contributed by atoms with Crippen molar-refractivity contribution in [3.8, 4) is 0 Å². The highest BCUT2D eigenvalue weighted by molar-refractivity contribution is 7.91. The van der Waals surface area contributed by atoms with Crippen LogP contribution in [0.2, 0.25) is 0 Å². The first-order valence-corrected chi connectivity index (χ1v) is 10.0. The van der Waals surface area contributed by atoms with Gasteiger partial charge in [-0.05, 0) is 33.9 Å². The van der Waals surface area contributed by atoms with Crippen molar-refractivity contribution in [2.75, 3.05) is 45.2 Å². The molecule has 7 nitrogen and oxygen atoms in total. The zero-order chi connectivity index (χ0) is 17.2. The molecule has 0 aromatic carbocycles. The summed E-state index contributed by atoms with van der Waals surface area (Å²) in [5, 5.41) is 2.85. The van der Waals surface area contributed by atoms with Gasteiger partial charge in [0.15, 0.2) is 9.84 Å². The number of likely N-dealkylation sites (N-methyl/N-ethyl adjacent to an activating group) is 1. The molecule has 1 N–H and O–H groups in total. The Morgan fingerprint density at radius 1 is 1.22 bits per heavy atom. The summed E-state index contributed by atoms with van der Waals surface area (Å²) in [6.45, 7) is 3.68. The maximum Gasteiger partial charge on any atom is 0.226 e. The average Bonchev–Trinajstić information content (AvgIpc) is 3.18. The molecule has 3 unspecified atom stereocenters. The van der Waals surface area contributed by atoms with Crippen LogP contribution in [0, 0.1) is 11.8 Å². The molecule has 8 heteroatoms. The molecule has 0 aromatic heterocycles. The Balaban J connectivity index is 1.85. The van der Waals surface area contributed by atoms with Crippen LogP contribution in [-0.4, -0.2) is 81.3 Å². The van der Waals surface area contributed by atoms with E-state index in [1.165, 1.54) is 0 Å². The third kappa shape index (κ3) is 4.67. The summed E-state index contributed by atoms with van der Waals surface area (Å²) in [5.41, 5.74) is 0. The van der Waals surface area contributed by atoms with E-state index in [1.54, 1.807) is 4.90 Å². The summed E-state index contributed by atoms with van der Waals surface area (Å²) in [5.74, 6) is -0.462. The predicted molar refractivity (Wildman–Crippen MR) is 87.6 cm³/mol. The monoisotopic (exact) mass is 345 g/mol. The highest BCUT2D eigenvalue weighted by atomic mass is 32.2. The van der Waals surface area contributed by atoms with Crippen molar-refractivity contribution in [1.82, 2.24) is 15.1 Å². The standard InChI is InChI=1S/C15H27N3O4S/c1-4-18(11-5-8-23(21,22)10-11)15(20)13-9-12(13)14(19)16-6-7-17(2)3/h11-13H,4-10H2,1-3H3,(H,16,19). The van der Waals surface area contributed by atoms with Crippen LogP contribution in [0.15, 0.2) is 0 Å². The van der Waals surface area contributed by atoms with Gasteiger partial charge in [-0.25, -0.2) is 8.42 Å². The van der Waals surface area contributed by atoms with Crippen molar-refractivity contribution in [3.63, 3.8) is 0 Å². The number of sulfone groups is 1. The molecule has 2 aliphatic rings. The van der Waals surface area contributed by atoms with E-state index in [1.807, 2.05) is 25.9 Å². The fourth-order valence-electron chi connectivity index (χ4n) is 3.12. The molecule has 23 heavy (non-hydrogen) atoms. The fourth-order valence-corrected chi connectivity index (χ4v) is 4.85. The van der Waals surface area contributed by atoms with Crippen molar-refractivity contribution in [2.24, 2.45) is 11.8 Å². The van der Waals surface area contributed by atoms with Gasteiger partial charge in [0.1, 0.15) is 0 Å². The highest BCUT2D eigenvalue weighted by Gasteiger charge is 2.50. The first-order valence-electron chi connectivity index (χ1n) is 8.18. The molecular weight excluding hydrogens is 318 g/mol. The number of rotatable bonds is 7. The van der Waals surface area contributed by atoms with Crippen LogP contribution in [0.1, 0.15) is 19.8 Å². The van der Waals surface area contributed by atoms with Crippen LogP contribution >= 0.6 is 0 Å². The molecule has 0 aromatic rings. The van der Waals surface area contributed by atoms with Gasteiger partial charge in [-0.2, -0.15) is 0 Å². The van der Waals surface area contributed by atoms with Gasteiger partial charge in [0.05, 0.1) is 23.3 Å². The summed E-state index contributed by atoms with van der Waals surface area (Å²) in [4.78, 5) is 28.3. The Labute approximate surface area is 138 Å². The minimum absolute atomic E-state index is 0.0546. The number of amides is 2. The van der Waals surface area contributed by atoms with Gasteiger partial charge in [-0.15, -0.1) is 0 Å². The van der Waals surface area contributed by atoms with Crippen LogP contribution in [-0.2, 0) is 19.4 Å². The maximum absolute atomic E-state index is 12.6. The van der Waals surface area contributed by atoms with E-state index in [2.05, 4.69) is 5.32 Å². The molecule has 0 bridgehead atoms. The molecule has 0 spiro atoms. The lowest BCUT2D eigenvalue weighted by molar-refractivity contribution is -0.136. The largest absolute Gasteiger partial charge is 0.355 e. The van der Waals surface area contributed by atoms with E-state index in [0.717, 1.165) is 6.54 Å². The van der Waals surface area contributed by atoms with E-state index in [9.17, 15) is 18.0 Å².